The molecular formula is C13H24N4S. The van der Waals surface area contributed by atoms with Gasteiger partial charge in [0.25, 0.3) is 0 Å². The standard InChI is InChI=1S/C13H24N4S/c1-4-18-12-8-6-5-7-11(12)14-9-13-16-15-10(2)17(13)3/h11-12,14H,4-9H2,1-3H3/t11-,12-/m0/s1. The topological polar surface area (TPSA) is 42.7 Å². The number of rotatable bonds is 5. The van der Waals surface area contributed by atoms with E-state index in [2.05, 4.69) is 38.8 Å². The van der Waals surface area contributed by atoms with Gasteiger partial charge in [-0.05, 0) is 25.5 Å². The molecule has 4 nitrogen and oxygen atoms in total. The van der Waals surface area contributed by atoms with Gasteiger partial charge in [0.05, 0.1) is 6.54 Å². The second-order valence-electron chi connectivity index (χ2n) is 4.99. The Balaban J connectivity index is 1.89. The summed E-state index contributed by atoms with van der Waals surface area (Å²) in [5.74, 6) is 3.24. The Hall–Kier alpha value is -0.550. The van der Waals surface area contributed by atoms with Gasteiger partial charge in [-0.3, -0.25) is 0 Å². The van der Waals surface area contributed by atoms with Gasteiger partial charge in [0, 0.05) is 18.3 Å². The van der Waals surface area contributed by atoms with Gasteiger partial charge in [0.15, 0.2) is 0 Å². The second kappa shape index (κ2) is 6.57. The zero-order valence-corrected chi connectivity index (χ0v) is 12.5. The van der Waals surface area contributed by atoms with Crippen LogP contribution in [0, 0.1) is 6.92 Å². The van der Waals surface area contributed by atoms with Crippen molar-refractivity contribution in [3.05, 3.63) is 11.6 Å². The molecule has 0 saturated heterocycles. The van der Waals surface area contributed by atoms with Crippen LogP contribution in [-0.2, 0) is 13.6 Å². The molecule has 1 heterocycles. The number of hydrogen-bond donors (Lipinski definition) is 1. The Morgan fingerprint density at radius 3 is 2.78 bits per heavy atom. The molecule has 1 fully saturated rings. The maximum Gasteiger partial charge on any atom is 0.146 e. The van der Waals surface area contributed by atoms with Gasteiger partial charge in [-0.15, -0.1) is 10.2 Å². The predicted octanol–water partition coefficient (Wildman–Crippen LogP) is 2.28. The van der Waals surface area contributed by atoms with Crippen LogP contribution in [0.5, 0.6) is 0 Å². The van der Waals surface area contributed by atoms with Gasteiger partial charge >= 0.3 is 0 Å². The average molecular weight is 268 g/mol. The van der Waals surface area contributed by atoms with Crippen LogP contribution in [0.2, 0.25) is 0 Å². The molecule has 1 aliphatic carbocycles. The second-order valence-corrected chi connectivity index (χ2v) is 6.50. The lowest BCUT2D eigenvalue weighted by atomic mass is 9.95. The third-order valence-corrected chi connectivity index (χ3v) is 5.11. The highest BCUT2D eigenvalue weighted by Gasteiger charge is 2.24. The molecule has 2 atom stereocenters. The van der Waals surface area contributed by atoms with Crippen LogP contribution in [0.25, 0.3) is 0 Å². The lowest BCUT2D eigenvalue weighted by molar-refractivity contribution is 0.377. The molecule has 1 N–H and O–H groups in total. The molecule has 0 bridgehead atoms. The van der Waals surface area contributed by atoms with Crippen molar-refractivity contribution in [2.45, 2.75) is 57.4 Å². The van der Waals surface area contributed by atoms with E-state index in [-0.39, 0.29) is 0 Å². The molecule has 1 aromatic heterocycles. The third-order valence-electron chi connectivity index (χ3n) is 3.79. The first-order valence-electron chi connectivity index (χ1n) is 6.92. The Morgan fingerprint density at radius 2 is 2.11 bits per heavy atom. The van der Waals surface area contributed by atoms with E-state index in [0.717, 1.165) is 23.4 Å². The van der Waals surface area contributed by atoms with Crippen molar-refractivity contribution in [2.24, 2.45) is 7.05 Å². The van der Waals surface area contributed by atoms with Crippen molar-refractivity contribution in [3.8, 4) is 0 Å². The van der Waals surface area contributed by atoms with E-state index in [1.54, 1.807) is 0 Å². The maximum atomic E-state index is 4.21. The predicted molar refractivity (Wildman–Crippen MR) is 76.8 cm³/mol. The Morgan fingerprint density at radius 1 is 1.33 bits per heavy atom. The summed E-state index contributed by atoms with van der Waals surface area (Å²) in [6, 6.07) is 0.640. The van der Waals surface area contributed by atoms with Crippen LogP contribution in [0.15, 0.2) is 0 Å². The van der Waals surface area contributed by atoms with Gasteiger partial charge in [0.1, 0.15) is 11.6 Å². The normalized spacial score (nSPS) is 24.4. The fourth-order valence-electron chi connectivity index (χ4n) is 2.57. The molecule has 1 saturated carbocycles. The van der Waals surface area contributed by atoms with Gasteiger partial charge < -0.3 is 9.88 Å². The van der Waals surface area contributed by atoms with Crippen molar-refractivity contribution in [1.82, 2.24) is 20.1 Å². The van der Waals surface area contributed by atoms with Crippen LogP contribution in [0.1, 0.15) is 44.3 Å². The molecule has 18 heavy (non-hydrogen) atoms. The largest absolute Gasteiger partial charge is 0.317 e. The number of aryl methyl sites for hydroxylation is 1. The third kappa shape index (κ3) is 3.26. The highest BCUT2D eigenvalue weighted by Crippen LogP contribution is 2.28. The molecule has 102 valence electrons. The van der Waals surface area contributed by atoms with Crippen molar-refractivity contribution in [3.63, 3.8) is 0 Å². The molecule has 2 rings (SSSR count). The fourth-order valence-corrected chi connectivity index (χ4v) is 3.80. The van der Waals surface area contributed by atoms with Crippen LogP contribution in [0.3, 0.4) is 0 Å². The van der Waals surface area contributed by atoms with Crippen molar-refractivity contribution in [2.75, 3.05) is 5.75 Å². The highest BCUT2D eigenvalue weighted by atomic mass is 32.2. The number of aromatic nitrogens is 3. The summed E-state index contributed by atoms with van der Waals surface area (Å²) in [5.41, 5.74) is 0. The summed E-state index contributed by atoms with van der Waals surface area (Å²) in [6.07, 6.45) is 5.40. The summed E-state index contributed by atoms with van der Waals surface area (Å²) >= 11 is 2.10. The SMILES string of the molecule is CCS[C@H]1CCCC[C@@H]1NCc1nnc(C)n1C. The summed E-state index contributed by atoms with van der Waals surface area (Å²) in [7, 11) is 2.03. The van der Waals surface area contributed by atoms with E-state index in [0.29, 0.717) is 6.04 Å². The summed E-state index contributed by atoms with van der Waals surface area (Å²) < 4.78 is 2.07. The van der Waals surface area contributed by atoms with Gasteiger partial charge in [-0.2, -0.15) is 11.8 Å². The molecule has 0 aliphatic heterocycles. The zero-order valence-electron chi connectivity index (χ0n) is 11.6. The van der Waals surface area contributed by atoms with Crippen molar-refractivity contribution >= 4 is 11.8 Å². The Labute approximate surface area is 114 Å². The minimum Gasteiger partial charge on any atom is -0.317 e. The maximum absolute atomic E-state index is 4.21. The summed E-state index contributed by atoms with van der Waals surface area (Å²) in [5, 5.41) is 12.8. The summed E-state index contributed by atoms with van der Waals surface area (Å²) in [4.78, 5) is 0. The van der Waals surface area contributed by atoms with Gasteiger partial charge in [-0.1, -0.05) is 19.8 Å². The Bertz CT molecular complexity index is 375. The lowest BCUT2D eigenvalue weighted by Crippen LogP contribution is -2.40. The monoisotopic (exact) mass is 268 g/mol. The first-order valence-corrected chi connectivity index (χ1v) is 7.97. The van der Waals surface area contributed by atoms with Gasteiger partial charge in [0.2, 0.25) is 0 Å². The smallest absolute Gasteiger partial charge is 0.146 e. The van der Waals surface area contributed by atoms with E-state index in [1.807, 2.05) is 14.0 Å². The minimum absolute atomic E-state index is 0.640. The molecule has 0 unspecified atom stereocenters. The molecule has 0 spiro atoms. The number of thioether (sulfide) groups is 1. The van der Waals surface area contributed by atoms with Crippen molar-refractivity contribution in [1.29, 1.82) is 0 Å². The van der Waals surface area contributed by atoms with Crippen LogP contribution >= 0.6 is 11.8 Å². The number of nitrogens with one attached hydrogen (secondary N) is 1. The molecule has 1 aromatic rings. The average Bonchev–Trinajstić information content (AvgIpc) is 2.70. The number of nitrogens with zero attached hydrogens (tertiary/aromatic N) is 3. The van der Waals surface area contributed by atoms with E-state index in [4.69, 9.17) is 0 Å². The molecule has 1 aliphatic rings. The van der Waals surface area contributed by atoms with Crippen molar-refractivity contribution < 1.29 is 0 Å². The molecule has 0 radical (unpaired) electrons. The first kappa shape index (κ1) is 13.9. The summed E-state index contributed by atoms with van der Waals surface area (Å²) in [6.45, 7) is 5.08. The van der Waals surface area contributed by atoms with Gasteiger partial charge in [-0.25, -0.2) is 0 Å². The van der Waals surface area contributed by atoms with Crippen LogP contribution < -0.4 is 5.32 Å². The van der Waals surface area contributed by atoms with E-state index in [9.17, 15) is 0 Å². The minimum atomic E-state index is 0.640. The van der Waals surface area contributed by atoms with Crippen LogP contribution in [0.4, 0.5) is 0 Å². The van der Waals surface area contributed by atoms with Crippen LogP contribution in [-0.4, -0.2) is 31.8 Å². The molecule has 0 aromatic carbocycles. The molecule has 5 heteroatoms. The quantitative estimate of drug-likeness (QED) is 0.889. The molecule has 0 amide bonds. The first-order chi connectivity index (χ1) is 8.72. The fraction of sp³-hybridized carbons (Fsp3) is 0.846. The molecular weight excluding hydrogens is 244 g/mol. The zero-order chi connectivity index (χ0) is 13.0. The van der Waals surface area contributed by atoms with E-state index >= 15 is 0 Å². The lowest BCUT2D eigenvalue weighted by Gasteiger charge is -2.31. The highest BCUT2D eigenvalue weighted by molar-refractivity contribution is 7.99. The Kier molecular flexibility index (Phi) is 5.06. The number of hydrogen-bond acceptors (Lipinski definition) is 4. The van der Waals surface area contributed by atoms with E-state index < -0.39 is 0 Å². The van der Waals surface area contributed by atoms with E-state index in [1.165, 1.54) is 31.4 Å².